The molecule has 0 aromatic carbocycles. The van der Waals surface area contributed by atoms with Crippen LogP contribution in [-0.4, -0.2) is 16.7 Å². The van der Waals surface area contributed by atoms with Gasteiger partial charge in [0.15, 0.2) is 0 Å². The van der Waals surface area contributed by atoms with Crippen LogP contribution in [0.2, 0.25) is 0 Å². The lowest BCUT2D eigenvalue weighted by molar-refractivity contribution is 0.412. The van der Waals surface area contributed by atoms with Crippen LogP contribution in [0.25, 0.3) is 0 Å². The van der Waals surface area contributed by atoms with E-state index < -0.39 is 0 Å². The van der Waals surface area contributed by atoms with Gasteiger partial charge in [0.05, 0.1) is 4.47 Å². The highest BCUT2D eigenvalue weighted by Crippen LogP contribution is 2.12. The first-order valence-corrected chi connectivity index (χ1v) is 7.19. The van der Waals surface area contributed by atoms with Crippen molar-refractivity contribution in [3.63, 3.8) is 0 Å². The average Bonchev–Trinajstić information content (AvgIpc) is 2.18. The number of hydrogen-bond donors (Lipinski definition) is 1. The highest BCUT2D eigenvalue weighted by atomic mass is 79.9. The Morgan fingerprint density at radius 3 is 2.59 bits per heavy atom. The SMILES string of the molecule is CC(C)(C)NCCCn1cc(Br)cc(Br)c1=O. The van der Waals surface area contributed by atoms with Crippen molar-refractivity contribution >= 4 is 31.9 Å². The van der Waals surface area contributed by atoms with Gasteiger partial charge < -0.3 is 9.88 Å². The topological polar surface area (TPSA) is 34.0 Å². The van der Waals surface area contributed by atoms with Crippen LogP contribution in [0, 0.1) is 0 Å². The van der Waals surface area contributed by atoms with Crippen LogP contribution in [-0.2, 0) is 6.54 Å². The lowest BCUT2D eigenvalue weighted by Gasteiger charge is -2.20. The Hall–Kier alpha value is -0.130. The summed E-state index contributed by atoms with van der Waals surface area (Å²) in [5.74, 6) is 0. The average molecular weight is 366 g/mol. The van der Waals surface area contributed by atoms with Crippen molar-refractivity contribution in [1.29, 1.82) is 0 Å². The van der Waals surface area contributed by atoms with Crippen LogP contribution in [0.5, 0.6) is 0 Å². The van der Waals surface area contributed by atoms with Gasteiger partial charge in [-0.05, 0) is 71.7 Å². The summed E-state index contributed by atoms with van der Waals surface area (Å²) in [7, 11) is 0. The van der Waals surface area contributed by atoms with E-state index in [9.17, 15) is 4.79 Å². The monoisotopic (exact) mass is 364 g/mol. The first-order chi connectivity index (χ1) is 7.79. The minimum absolute atomic E-state index is 0.0176. The fraction of sp³-hybridized carbons (Fsp3) is 0.583. The summed E-state index contributed by atoms with van der Waals surface area (Å²) in [5, 5.41) is 3.40. The van der Waals surface area contributed by atoms with Gasteiger partial charge in [-0.25, -0.2) is 0 Å². The van der Waals surface area contributed by atoms with E-state index in [1.165, 1.54) is 0 Å². The molecule has 1 rings (SSSR count). The van der Waals surface area contributed by atoms with Gasteiger partial charge in [-0.1, -0.05) is 0 Å². The highest BCUT2D eigenvalue weighted by Gasteiger charge is 2.08. The molecule has 0 aliphatic carbocycles. The maximum Gasteiger partial charge on any atom is 0.264 e. The molecule has 96 valence electrons. The predicted octanol–water partition coefficient (Wildman–Crippen LogP) is 3.15. The number of pyridine rings is 1. The van der Waals surface area contributed by atoms with Crippen molar-refractivity contribution in [2.24, 2.45) is 0 Å². The van der Waals surface area contributed by atoms with E-state index in [-0.39, 0.29) is 11.1 Å². The Morgan fingerprint density at radius 2 is 2.00 bits per heavy atom. The molecule has 0 amide bonds. The summed E-state index contributed by atoms with van der Waals surface area (Å²) in [4.78, 5) is 11.8. The van der Waals surface area contributed by atoms with Gasteiger partial charge in [0.2, 0.25) is 0 Å². The third-order valence-corrected chi connectivity index (χ3v) is 3.24. The fourth-order valence-corrected chi connectivity index (χ4v) is 2.70. The summed E-state index contributed by atoms with van der Waals surface area (Å²) >= 11 is 6.64. The molecule has 0 bridgehead atoms. The van der Waals surface area contributed by atoms with E-state index in [1.807, 2.05) is 6.20 Å². The van der Waals surface area contributed by atoms with Crippen LogP contribution in [0.3, 0.4) is 0 Å². The number of rotatable bonds is 4. The molecule has 0 fully saturated rings. The van der Waals surface area contributed by atoms with Crippen molar-refractivity contribution in [3.05, 3.63) is 31.6 Å². The molecule has 0 aliphatic heterocycles. The predicted molar refractivity (Wildman–Crippen MR) is 78.5 cm³/mol. The van der Waals surface area contributed by atoms with Crippen LogP contribution in [0.1, 0.15) is 27.2 Å². The van der Waals surface area contributed by atoms with E-state index in [0.29, 0.717) is 4.47 Å². The number of nitrogens with zero attached hydrogens (tertiary/aromatic N) is 1. The Morgan fingerprint density at radius 1 is 1.35 bits per heavy atom. The minimum Gasteiger partial charge on any atom is -0.313 e. The first kappa shape index (κ1) is 14.9. The van der Waals surface area contributed by atoms with Crippen molar-refractivity contribution in [2.75, 3.05) is 6.54 Å². The Balaban J connectivity index is 2.56. The molecule has 1 aromatic rings. The van der Waals surface area contributed by atoms with Gasteiger partial charge >= 0.3 is 0 Å². The second-order valence-electron chi connectivity index (χ2n) is 5.04. The molecule has 0 unspecified atom stereocenters. The van der Waals surface area contributed by atoms with Crippen LogP contribution >= 0.6 is 31.9 Å². The molecule has 0 saturated heterocycles. The third-order valence-electron chi connectivity index (χ3n) is 2.24. The van der Waals surface area contributed by atoms with Gasteiger partial charge in [-0.3, -0.25) is 4.79 Å². The molecule has 0 aliphatic rings. The smallest absolute Gasteiger partial charge is 0.264 e. The molecule has 5 heteroatoms. The van der Waals surface area contributed by atoms with E-state index >= 15 is 0 Å². The second-order valence-corrected chi connectivity index (χ2v) is 6.81. The molecule has 1 heterocycles. The summed E-state index contributed by atoms with van der Waals surface area (Å²) in [5.41, 5.74) is 0.145. The Labute approximate surface area is 119 Å². The van der Waals surface area contributed by atoms with Gasteiger partial charge in [-0.2, -0.15) is 0 Å². The Kier molecular flexibility index (Phi) is 5.41. The van der Waals surface area contributed by atoms with Gasteiger partial charge in [-0.15, -0.1) is 0 Å². The quantitative estimate of drug-likeness (QED) is 0.831. The van der Waals surface area contributed by atoms with Crippen molar-refractivity contribution in [1.82, 2.24) is 9.88 Å². The zero-order chi connectivity index (χ0) is 13.1. The zero-order valence-corrected chi connectivity index (χ0v) is 13.6. The van der Waals surface area contributed by atoms with Gasteiger partial charge in [0, 0.05) is 22.8 Å². The molecule has 1 aromatic heterocycles. The summed E-state index contributed by atoms with van der Waals surface area (Å²) in [6.07, 6.45) is 2.75. The highest BCUT2D eigenvalue weighted by molar-refractivity contribution is 9.11. The summed E-state index contributed by atoms with van der Waals surface area (Å²) in [6, 6.07) is 1.77. The number of nitrogens with one attached hydrogen (secondary N) is 1. The standard InChI is InChI=1S/C12H18Br2N2O/c1-12(2,3)15-5-4-6-16-8-9(13)7-10(14)11(16)17/h7-8,15H,4-6H2,1-3H3. The lowest BCUT2D eigenvalue weighted by Crippen LogP contribution is -2.37. The first-order valence-electron chi connectivity index (χ1n) is 5.60. The molecule has 0 radical (unpaired) electrons. The zero-order valence-electron chi connectivity index (χ0n) is 10.4. The van der Waals surface area contributed by atoms with E-state index in [4.69, 9.17) is 0 Å². The minimum atomic E-state index is 0.0176. The molecular formula is C12H18Br2N2O. The number of hydrogen-bond acceptors (Lipinski definition) is 2. The molecule has 1 N–H and O–H groups in total. The maximum atomic E-state index is 11.8. The lowest BCUT2D eigenvalue weighted by atomic mass is 10.1. The Bertz CT molecular complexity index is 435. The number of aryl methyl sites for hydroxylation is 1. The normalized spacial score (nSPS) is 11.8. The third kappa shape index (κ3) is 5.36. The number of aromatic nitrogens is 1. The maximum absolute atomic E-state index is 11.8. The fourth-order valence-electron chi connectivity index (χ4n) is 1.44. The molecule has 0 atom stereocenters. The van der Waals surface area contributed by atoms with E-state index in [0.717, 1.165) is 24.0 Å². The van der Waals surface area contributed by atoms with Crippen molar-refractivity contribution in [3.8, 4) is 0 Å². The van der Waals surface area contributed by atoms with Crippen molar-refractivity contribution in [2.45, 2.75) is 39.3 Å². The van der Waals surface area contributed by atoms with Gasteiger partial charge in [0.1, 0.15) is 0 Å². The van der Waals surface area contributed by atoms with Gasteiger partial charge in [0.25, 0.3) is 5.56 Å². The van der Waals surface area contributed by atoms with Crippen LogP contribution in [0.4, 0.5) is 0 Å². The van der Waals surface area contributed by atoms with E-state index in [2.05, 4.69) is 57.9 Å². The largest absolute Gasteiger partial charge is 0.313 e. The van der Waals surface area contributed by atoms with Crippen LogP contribution in [0.15, 0.2) is 26.0 Å². The van der Waals surface area contributed by atoms with E-state index in [1.54, 1.807) is 10.6 Å². The number of halogens is 2. The second kappa shape index (κ2) is 6.16. The molecule has 0 saturated carbocycles. The summed E-state index contributed by atoms with van der Waals surface area (Å²) in [6.45, 7) is 8.03. The molecular weight excluding hydrogens is 348 g/mol. The molecule has 0 spiro atoms. The molecule has 17 heavy (non-hydrogen) atoms. The van der Waals surface area contributed by atoms with Crippen LogP contribution < -0.4 is 10.9 Å². The summed E-state index contributed by atoms with van der Waals surface area (Å²) < 4.78 is 3.22. The molecule has 3 nitrogen and oxygen atoms in total. The van der Waals surface area contributed by atoms with Crippen molar-refractivity contribution < 1.29 is 0 Å².